The Balaban J connectivity index is 1.87. The number of hydrogen-bond donors (Lipinski definition) is 1. The summed E-state index contributed by atoms with van der Waals surface area (Å²) >= 11 is 15.5. The highest BCUT2D eigenvalue weighted by atomic mass is 79.9. The summed E-state index contributed by atoms with van der Waals surface area (Å²) in [4.78, 5) is 24.7. The topological polar surface area (TPSA) is 58.6 Å². The lowest BCUT2D eigenvalue weighted by molar-refractivity contribution is -0.121. The van der Waals surface area contributed by atoms with Crippen LogP contribution in [0, 0.1) is 0 Å². The first kappa shape index (κ1) is 18.8. The van der Waals surface area contributed by atoms with Crippen LogP contribution in [0.25, 0.3) is 6.08 Å². The van der Waals surface area contributed by atoms with E-state index in [1.165, 1.54) is 7.05 Å². The molecule has 1 N–H and O–H groups in total. The van der Waals surface area contributed by atoms with Crippen molar-refractivity contribution in [1.82, 2.24) is 10.2 Å². The van der Waals surface area contributed by atoms with Gasteiger partial charge < -0.3 is 10.1 Å². The molecule has 8 heteroatoms. The van der Waals surface area contributed by atoms with Crippen molar-refractivity contribution in [2.75, 3.05) is 7.05 Å². The Morgan fingerprint density at radius 2 is 1.96 bits per heavy atom. The Bertz CT molecular complexity index is 931. The summed E-state index contributed by atoms with van der Waals surface area (Å²) in [6, 6.07) is 10.1. The molecule has 134 valence electrons. The van der Waals surface area contributed by atoms with Crippen LogP contribution in [0.5, 0.6) is 5.75 Å². The number of benzene rings is 2. The molecule has 26 heavy (non-hydrogen) atoms. The summed E-state index contributed by atoms with van der Waals surface area (Å²) in [6.07, 6.45) is 1.58. The van der Waals surface area contributed by atoms with Gasteiger partial charge in [0.05, 0.1) is 0 Å². The Morgan fingerprint density at radius 3 is 2.62 bits per heavy atom. The molecular formula is C18H13BrCl2N2O3. The van der Waals surface area contributed by atoms with Crippen molar-refractivity contribution in [3.8, 4) is 5.75 Å². The standard InChI is InChI=1S/C18H13BrCl2N2O3/c1-23-17(24)15(22-18(23)25)7-11-6-12(19)3-5-16(11)26-9-10-2-4-13(20)8-14(10)21/h2-8H,9H2,1H3,(H,22,25)/b15-7+. The molecule has 1 aliphatic rings. The molecule has 1 heterocycles. The maximum atomic E-state index is 12.1. The second-order valence-corrected chi connectivity index (χ2v) is 7.32. The molecule has 2 aromatic carbocycles. The molecule has 3 rings (SSSR count). The minimum atomic E-state index is -0.466. The molecule has 0 spiro atoms. The molecule has 1 aliphatic heterocycles. The average Bonchev–Trinajstić information content (AvgIpc) is 2.82. The fraction of sp³-hybridized carbons (Fsp3) is 0.111. The smallest absolute Gasteiger partial charge is 0.328 e. The Morgan fingerprint density at radius 1 is 1.19 bits per heavy atom. The average molecular weight is 456 g/mol. The molecule has 0 unspecified atom stereocenters. The fourth-order valence-electron chi connectivity index (χ4n) is 2.34. The van der Waals surface area contributed by atoms with Gasteiger partial charge in [-0.05, 0) is 36.4 Å². The van der Waals surface area contributed by atoms with Gasteiger partial charge in [0.2, 0.25) is 0 Å². The van der Waals surface area contributed by atoms with Crippen molar-refractivity contribution < 1.29 is 14.3 Å². The Hall–Kier alpha value is -2.02. The van der Waals surface area contributed by atoms with Gasteiger partial charge in [0.15, 0.2) is 0 Å². The number of nitrogens with one attached hydrogen (secondary N) is 1. The van der Waals surface area contributed by atoms with Gasteiger partial charge >= 0.3 is 6.03 Å². The molecule has 0 atom stereocenters. The van der Waals surface area contributed by atoms with E-state index in [1.54, 1.807) is 36.4 Å². The highest BCUT2D eigenvalue weighted by Gasteiger charge is 2.30. The number of imide groups is 1. The lowest BCUT2D eigenvalue weighted by atomic mass is 10.1. The first-order valence-corrected chi connectivity index (χ1v) is 9.07. The molecule has 1 fully saturated rings. The minimum absolute atomic E-state index is 0.185. The fourth-order valence-corrected chi connectivity index (χ4v) is 3.18. The molecule has 5 nitrogen and oxygen atoms in total. The van der Waals surface area contributed by atoms with E-state index in [-0.39, 0.29) is 12.3 Å². The molecule has 0 radical (unpaired) electrons. The van der Waals surface area contributed by atoms with Gasteiger partial charge in [-0.25, -0.2) is 4.79 Å². The third kappa shape index (κ3) is 4.03. The summed E-state index contributed by atoms with van der Waals surface area (Å²) in [6.45, 7) is 0.230. The molecule has 0 aromatic heterocycles. The van der Waals surface area contributed by atoms with E-state index >= 15 is 0 Å². The van der Waals surface area contributed by atoms with Crippen LogP contribution in [0.1, 0.15) is 11.1 Å². The zero-order valence-electron chi connectivity index (χ0n) is 13.6. The second-order valence-electron chi connectivity index (χ2n) is 5.56. The quantitative estimate of drug-likeness (QED) is 0.529. The zero-order chi connectivity index (χ0) is 18.8. The summed E-state index contributed by atoms with van der Waals surface area (Å²) in [7, 11) is 1.42. The van der Waals surface area contributed by atoms with Crippen LogP contribution in [0.3, 0.4) is 0 Å². The van der Waals surface area contributed by atoms with Gasteiger partial charge in [0.25, 0.3) is 5.91 Å². The predicted octanol–water partition coefficient (Wildman–Crippen LogP) is 4.86. The summed E-state index contributed by atoms with van der Waals surface area (Å²) in [5, 5.41) is 3.59. The Labute approximate surface area is 168 Å². The van der Waals surface area contributed by atoms with Crippen LogP contribution in [0.2, 0.25) is 10.0 Å². The SMILES string of the molecule is CN1C(=O)N/C(=C/c2cc(Br)ccc2OCc2ccc(Cl)cc2Cl)C1=O. The van der Waals surface area contributed by atoms with E-state index < -0.39 is 11.9 Å². The number of ether oxygens (including phenoxy) is 1. The van der Waals surface area contributed by atoms with Gasteiger partial charge in [0, 0.05) is 32.7 Å². The number of urea groups is 1. The Kier molecular flexibility index (Phi) is 5.55. The number of amides is 3. The number of rotatable bonds is 4. The molecule has 2 aromatic rings. The lowest BCUT2D eigenvalue weighted by Crippen LogP contribution is -2.25. The summed E-state index contributed by atoms with van der Waals surface area (Å²) in [5.41, 5.74) is 1.61. The van der Waals surface area contributed by atoms with Gasteiger partial charge in [-0.3, -0.25) is 9.69 Å². The van der Waals surface area contributed by atoms with Crippen LogP contribution in [0.4, 0.5) is 4.79 Å². The summed E-state index contributed by atoms with van der Waals surface area (Å²) < 4.78 is 6.68. The monoisotopic (exact) mass is 454 g/mol. The first-order chi connectivity index (χ1) is 12.3. The largest absolute Gasteiger partial charge is 0.488 e. The van der Waals surface area contributed by atoms with E-state index in [4.69, 9.17) is 27.9 Å². The number of likely N-dealkylation sites (N-methyl/N-ethyl adjacent to an activating group) is 1. The van der Waals surface area contributed by atoms with Gasteiger partial charge in [-0.15, -0.1) is 0 Å². The lowest BCUT2D eigenvalue weighted by Gasteiger charge is -2.11. The van der Waals surface area contributed by atoms with E-state index in [2.05, 4.69) is 21.2 Å². The molecule has 0 saturated carbocycles. The van der Waals surface area contributed by atoms with Gasteiger partial charge in [0.1, 0.15) is 18.1 Å². The van der Waals surface area contributed by atoms with Crippen molar-refractivity contribution in [2.24, 2.45) is 0 Å². The van der Waals surface area contributed by atoms with Crippen LogP contribution in [-0.4, -0.2) is 23.9 Å². The van der Waals surface area contributed by atoms with Crippen LogP contribution in [0.15, 0.2) is 46.6 Å². The molecule has 0 aliphatic carbocycles. The van der Waals surface area contributed by atoms with Crippen LogP contribution < -0.4 is 10.1 Å². The number of halogens is 3. The van der Waals surface area contributed by atoms with E-state index in [1.807, 2.05) is 6.07 Å². The van der Waals surface area contributed by atoms with Crippen molar-refractivity contribution >= 4 is 57.1 Å². The summed E-state index contributed by atoms with van der Waals surface area (Å²) in [5.74, 6) is 0.144. The third-order valence-electron chi connectivity index (χ3n) is 3.75. The number of carbonyl (C=O) groups excluding carboxylic acids is 2. The number of hydrogen-bond acceptors (Lipinski definition) is 3. The van der Waals surface area contributed by atoms with Crippen molar-refractivity contribution in [1.29, 1.82) is 0 Å². The maximum absolute atomic E-state index is 12.1. The van der Waals surface area contributed by atoms with Crippen molar-refractivity contribution in [3.63, 3.8) is 0 Å². The van der Waals surface area contributed by atoms with E-state index in [9.17, 15) is 9.59 Å². The third-order valence-corrected chi connectivity index (χ3v) is 4.83. The highest BCUT2D eigenvalue weighted by molar-refractivity contribution is 9.10. The number of nitrogens with zero attached hydrogens (tertiary/aromatic N) is 1. The minimum Gasteiger partial charge on any atom is -0.488 e. The number of carbonyl (C=O) groups is 2. The second kappa shape index (κ2) is 7.70. The van der Waals surface area contributed by atoms with Gasteiger partial charge in [-0.1, -0.05) is 45.2 Å². The van der Waals surface area contributed by atoms with Crippen molar-refractivity contribution in [3.05, 3.63) is 67.7 Å². The first-order valence-electron chi connectivity index (χ1n) is 7.52. The van der Waals surface area contributed by atoms with E-state index in [0.29, 0.717) is 21.4 Å². The van der Waals surface area contributed by atoms with Crippen LogP contribution in [-0.2, 0) is 11.4 Å². The van der Waals surface area contributed by atoms with E-state index in [0.717, 1.165) is 14.9 Å². The normalized spacial score (nSPS) is 15.5. The molecule has 3 amide bonds. The van der Waals surface area contributed by atoms with Gasteiger partial charge in [-0.2, -0.15) is 0 Å². The molecule has 1 saturated heterocycles. The maximum Gasteiger partial charge on any atom is 0.328 e. The molecule has 0 bridgehead atoms. The highest BCUT2D eigenvalue weighted by Crippen LogP contribution is 2.28. The zero-order valence-corrected chi connectivity index (χ0v) is 16.7. The van der Waals surface area contributed by atoms with Crippen LogP contribution >= 0.6 is 39.1 Å². The van der Waals surface area contributed by atoms with Crippen molar-refractivity contribution in [2.45, 2.75) is 6.61 Å². The molecular weight excluding hydrogens is 443 g/mol. The predicted molar refractivity (Wildman–Crippen MR) is 104 cm³/mol.